The SMILES string of the molecule is CCNC(=NCc1cccc(OC)c1)NCCc1cccc(C(=O)N(C)C)c1.I. The van der Waals surface area contributed by atoms with Gasteiger partial charge in [0.25, 0.3) is 5.91 Å². The van der Waals surface area contributed by atoms with Gasteiger partial charge in [-0.3, -0.25) is 4.79 Å². The summed E-state index contributed by atoms with van der Waals surface area (Å²) in [6.07, 6.45) is 0.804. The summed E-state index contributed by atoms with van der Waals surface area (Å²) in [6.45, 7) is 4.12. The van der Waals surface area contributed by atoms with Crippen LogP contribution in [0.3, 0.4) is 0 Å². The molecule has 0 atom stereocenters. The number of rotatable bonds is 8. The zero-order valence-corrected chi connectivity index (χ0v) is 19.9. The van der Waals surface area contributed by atoms with Gasteiger partial charge in [0, 0.05) is 32.7 Å². The molecule has 7 heteroatoms. The average molecular weight is 510 g/mol. The summed E-state index contributed by atoms with van der Waals surface area (Å²) in [5, 5.41) is 6.61. The quantitative estimate of drug-likeness (QED) is 0.325. The summed E-state index contributed by atoms with van der Waals surface area (Å²) in [4.78, 5) is 18.3. The minimum atomic E-state index is 0. The molecule has 0 radical (unpaired) electrons. The zero-order chi connectivity index (χ0) is 20.4. The Morgan fingerprint density at radius 2 is 1.79 bits per heavy atom. The first kappa shape index (κ1) is 24.7. The Hall–Kier alpha value is -2.29. The van der Waals surface area contributed by atoms with Gasteiger partial charge >= 0.3 is 0 Å². The van der Waals surface area contributed by atoms with Gasteiger partial charge in [-0.1, -0.05) is 24.3 Å². The van der Waals surface area contributed by atoms with Crippen molar-refractivity contribution in [3.8, 4) is 5.75 Å². The highest BCUT2D eigenvalue weighted by Gasteiger charge is 2.08. The number of carbonyl (C=O) groups is 1. The molecule has 0 spiro atoms. The van der Waals surface area contributed by atoms with Gasteiger partial charge in [0.05, 0.1) is 13.7 Å². The number of methoxy groups -OCH3 is 1. The maximum absolute atomic E-state index is 12.1. The minimum absolute atomic E-state index is 0. The summed E-state index contributed by atoms with van der Waals surface area (Å²) in [7, 11) is 5.19. The van der Waals surface area contributed by atoms with E-state index in [1.54, 1.807) is 26.1 Å². The lowest BCUT2D eigenvalue weighted by Gasteiger charge is -2.13. The number of hydrogen-bond acceptors (Lipinski definition) is 3. The van der Waals surface area contributed by atoms with Gasteiger partial charge in [0.1, 0.15) is 5.75 Å². The van der Waals surface area contributed by atoms with Crippen molar-refractivity contribution in [1.82, 2.24) is 15.5 Å². The predicted octanol–water partition coefficient (Wildman–Crippen LogP) is 3.31. The van der Waals surface area contributed by atoms with Crippen LogP contribution in [0.5, 0.6) is 5.75 Å². The minimum Gasteiger partial charge on any atom is -0.497 e. The normalized spacial score (nSPS) is 10.7. The molecule has 0 saturated heterocycles. The third-order valence-electron chi connectivity index (χ3n) is 4.18. The molecule has 2 aromatic carbocycles. The number of halogens is 1. The summed E-state index contributed by atoms with van der Waals surface area (Å²) < 4.78 is 5.26. The van der Waals surface area contributed by atoms with Crippen LogP contribution in [0.4, 0.5) is 0 Å². The van der Waals surface area contributed by atoms with Gasteiger partial charge in [-0.2, -0.15) is 0 Å². The Morgan fingerprint density at radius 3 is 2.48 bits per heavy atom. The Labute approximate surface area is 190 Å². The van der Waals surface area contributed by atoms with E-state index >= 15 is 0 Å². The fourth-order valence-electron chi connectivity index (χ4n) is 2.73. The van der Waals surface area contributed by atoms with E-state index in [1.165, 1.54) is 0 Å². The van der Waals surface area contributed by atoms with Crippen LogP contribution in [0, 0.1) is 0 Å². The van der Waals surface area contributed by atoms with Gasteiger partial charge in [0.15, 0.2) is 5.96 Å². The van der Waals surface area contributed by atoms with Crippen molar-refractivity contribution in [3.05, 3.63) is 65.2 Å². The molecule has 1 amide bonds. The molecular weight excluding hydrogens is 479 g/mol. The van der Waals surface area contributed by atoms with Crippen LogP contribution in [-0.2, 0) is 13.0 Å². The standard InChI is InChI=1S/C22H30N4O2.HI/c1-5-23-22(25-16-18-9-7-11-20(15-18)28-4)24-13-12-17-8-6-10-19(14-17)21(27)26(2)3;/h6-11,14-15H,5,12-13,16H2,1-4H3,(H2,23,24,25);1H. The molecule has 0 unspecified atom stereocenters. The summed E-state index contributed by atoms with van der Waals surface area (Å²) in [5.41, 5.74) is 2.91. The number of guanidine groups is 1. The topological polar surface area (TPSA) is 66.0 Å². The molecular formula is C22H31IN4O2. The van der Waals surface area contributed by atoms with Crippen molar-refractivity contribution in [2.24, 2.45) is 4.99 Å². The average Bonchev–Trinajstić information content (AvgIpc) is 2.71. The monoisotopic (exact) mass is 510 g/mol. The van der Waals surface area contributed by atoms with Gasteiger partial charge in [-0.15, -0.1) is 24.0 Å². The highest BCUT2D eigenvalue weighted by Crippen LogP contribution is 2.13. The van der Waals surface area contributed by atoms with Crippen molar-refractivity contribution in [2.75, 3.05) is 34.3 Å². The van der Waals surface area contributed by atoms with E-state index in [9.17, 15) is 4.79 Å². The second kappa shape index (κ2) is 13.0. The fraction of sp³-hybridized carbons (Fsp3) is 0.364. The maximum atomic E-state index is 12.1. The number of aliphatic imine (C=N–C) groups is 1. The van der Waals surface area contributed by atoms with Crippen LogP contribution in [0.1, 0.15) is 28.4 Å². The summed E-state index contributed by atoms with van der Waals surface area (Å²) in [6, 6.07) is 15.7. The molecule has 0 bridgehead atoms. The van der Waals surface area contributed by atoms with Crippen LogP contribution >= 0.6 is 24.0 Å². The molecule has 2 aromatic rings. The second-order valence-corrected chi connectivity index (χ2v) is 6.62. The van der Waals surface area contributed by atoms with Crippen molar-refractivity contribution in [1.29, 1.82) is 0 Å². The van der Waals surface area contributed by atoms with Gasteiger partial charge in [0.2, 0.25) is 0 Å². The molecule has 0 heterocycles. The fourth-order valence-corrected chi connectivity index (χ4v) is 2.73. The van der Waals surface area contributed by atoms with E-state index in [2.05, 4.69) is 15.6 Å². The lowest BCUT2D eigenvalue weighted by atomic mass is 10.1. The van der Waals surface area contributed by atoms with Crippen LogP contribution in [0.2, 0.25) is 0 Å². The van der Waals surface area contributed by atoms with E-state index < -0.39 is 0 Å². The van der Waals surface area contributed by atoms with Crippen molar-refractivity contribution >= 4 is 35.8 Å². The van der Waals surface area contributed by atoms with E-state index in [1.807, 2.05) is 55.5 Å². The van der Waals surface area contributed by atoms with Crippen molar-refractivity contribution in [2.45, 2.75) is 19.9 Å². The molecule has 2 rings (SSSR count). The lowest BCUT2D eigenvalue weighted by Crippen LogP contribution is -2.38. The van der Waals surface area contributed by atoms with E-state index in [0.29, 0.717) is 12.1 Å². The largest absolute Gasteiger partial charge is 0.497 e. The molecule has 0 aliphatic carbocycles. The first-order valence-electron chi connectivity index (χ1n) is 9.49. The number of carbonyl (C=O) groups excluding carboxylic acids is 1. The Kier molecular flexibility index (Phi) is 11.1. The van der Waals surface area contributed by atoms with Crippen LogP contribution in [0.25, 0.3) is 0 Å². The number of nitrogens with one attached hydrogen (secondary N) is 2. The van der Waals surface area contributed by atoms with Gasteiger partial charge in [-0.05, 0) is 48.7 Å². The molecule has 29 heavy (non-hydrogen) atoms. The highest BCUT2D eigenvalue weighted by atomic mass is 127. The molecule has 6 nitrogen and oxygen atoms in total. The molecule has 158 valence electrons. The first-order valence-corrected chi connectivity index (χ1v) is 9.49. The second-order valence-electron chi connectivity index (χ2n) is 6.62. The van der Waals surface area contributed by atoms with E-state index in [4.69, 9.17) is 4.74 Å². The van der Waals surface area contributed by atoms with Crippen LogP contribution in [0.15, 0.2) is 53.5 Å². The number of ether oxygens (including phenoxy) is 1. The number of benzene rings is 2. The Balaban J connectivity index is 0.00000420. The number of amides is 1. The Bertz CT molecular complexity index is 809. The van der Waals surface area contributed by atoms with Gasteiger partial charge < -0.3 is 20.3 Å². The molecule has 2 N–H and O–H groups in total. The van der Waals surface area contributed by atoms with Crippen LogP contribution < -0.4 is 15.4 Å². The van der Waals surface area contributed by atoms with Gasteiger partial charge in [-0.25, -0.2) is 4.99 Å². The highest BCUT2D eigenvalue weighted by molar-refractivity contribution is 14.0. The number of nitrogens with zero attached hydrogens (tertiary/aromatic N) is 2. The van der Waals surface area contributed by atoms with E-state index in [-0.39, 0.29) is 29.9 Å². The molecule has 0 fully saturated rings. The summed E-state index contributed by atoms with van der Waals surface area (Å²) in [5.74, 6) is 1.62. The molecule has 0 saturated carbocycles. The lowest BCUT2D eigenvalue weighted by molar-refractivity contribution is 0.0827. The number of hydrogen-bond donors (Lipinski definition) is 2. The van der Waals surface area contributed by atoms with Crippen molar-refractivity contribution < 1.29 is 9.53 Å². The molecule has 0 aromatic heterocycles. The smallest absolute Gasteiger partial charge is 0.253 e. The first-order chi connectivity index (χ1) is 13.5. The van der Waals surface area contributed by atoms with E-state index in [0.717, 1.165) is 42.3 Å². The Morgan fingerprint density at radius 1 is 1.07 bits per heavy atom. The van der Waals surface area contributed by atoms with Crippen LogP contribution in [-0.4, -0.2) is 51.1 Å². The van der Waals surface area contributed by atoms with Crippen molar-refractivity contribution in [3.63, 3.8) is 0 Å². The predicted molar refractivity (Wildman–Crippen MR) is 129 cm³/mol. The third kappa shape index (κ3) is 8.31. The zero-order valence-electron chi connectivity index (χ0n) is 17.6. The molecule has 0 aliphatic heterocycles. The summed E-state index contributed by atoms with van der Waals surface area (Å²) >= 11 is 0. The molecule has 0 aliphatic rings. The maximum Gasteiger partial charge on any atom is 0.253 e. The third-order valence-corrected chi connectivity index (χ3v) is 4.18.